The molecule has 1 saturated carbocycles. The lowest BCUT2D eigenvalue weighted by Crippen LogP contribution is -2.56. The van der Waals surface area contributed by atoms with Crippen molar-refractivity contribution < 1.29 is 19.4 Å². The zero-order valence-corrected chi connectivity index (χ0v) is 15.0. The standard InChI is InChI=1S/C19H23N3O4/c1-21(19(18(24)25)11-4-3-5-12-19)17(23)16-10-13-22(20-16)14-6-8-15(26-2)9-7-14/h6-10,13H,3-5,11-12H2,1-2H3,(H,24,25). The molecule has 0 aliphatic heterocycles. The highest BCUT2D eigenvalue weighted by molar-refractivity contribution is 5.96. The summed E-state index contributed by atoms with van der Waals surface area (Å²) < 4.78 is 6.73. The summed E-state index contributed by atoms with van der Waals surface area (Å²) in [7, 11) is 3.16. The summed E-state index contributed by atoms with van der Waals surface area (Å²) in [6.07, 6.45) is 5.27. The fourth-order valence-corrected chi connectivity index (χ4v) is 3.51. The van der Waals surface area contributed by atoms with Gasteiger partial charge >= 0.3 is 5.97 Å². The van der Waals surface area contributed by atoms with Gasteiger partial charge in [-0.1, -0.05) is 19.3 Å². The number of benzene rings is 1. The Morgan fingerprint density at radius 1 is 1.15 bits per heavy atom. The summed E-state index contributed by atoms with van der Waals surface area (Å²) in [5, 5.41) is 14.1. The van der Waals surface area contributed by atoms with Gasteiger partial charge in [-0.05, 0) is 43.2 Å². The molecule has 1 heterocycles. The van der Waals surface area contributed by atoms with Crippen molar-refractivity contribution in [3.63, 3.8) is 0 Å². The normalized spacial score (nSPS) is 16.1. The molecule has 26 heavy (non-hydrogen) atoms. The number of carboxylic acids is 1. The van der Waals surface area contributed by atoms with Gasteiger partial charge in [-0.15, -0.1) is 0 Å². The van der Waals surface area contributed by atoms with Crippen molar-refractivity contribution in [2.75, 3.05) is 14.2 Å². The molecule has 7 heteroatoms. The molecule has 1 amide bonds. The zero-order valence-electron chi connectivity index (χ0n) is 15.0. The highest BCUT2D eigenvalue weighted by atomic mass is 16.5. The number of likely N-dealkylation sites (N-methyl/N-ethyl adjacent to an activating group) is 1. The molecule has 1 aromatic carbocycles. The summed E-state index contributed by atoms with van der Waals surface area (Å²) in [5.41, 5.74) is -0.119. The smallest absolute Gasteiger partial charge is 0.329 e. The van der Waals surface area contributed by atoms with Crippen LogP contribution in [0.3, 0.4) is 0 Å². The molecule has 1 fully saturated rings. The van der Waals surface area contributed by atoms with Gasteiger partial charge in [0.15, 0.2) is 5.69 Å². The number of carboxylic acid groups (broad SMARTS) is 1. The predicted octanol–water partition coefficient (Wildman–Crippen LogP) is 2.74. The lowest BCUT2D eigenvalue weighted by molar-refractivity contribution is -0.151. The van der Waals surface area contributed by atoms with Gasteiger partial charge in [-0.25, -0.2) is 9.48 Å². The average Bonchev–Trinajstić information content (AvgIpc) is 3.17. The summed E-state index contributed by atoms with van der Waals surface area (Å²) in [6, 6.07) is 8.91. The number of hydrogen-bond donors (Lipinski definition) is 1. The second kappa shape index (κ2) is 7.19. The number of aromatic nitrogens is 2. The van der Waals surface area contributed by atoms with Crippen LogP contribution in [0.1, 0.15) is 42.6 Å². The fourth-order valence-electron chi connectivity index (χ4n) is 3.51. The van der Waals surface area contributed by atoms with Gasteiger partial charge in [0, 0.05) is 13.2 Å². The van der Waals surface area contributed by atoms with Crippen molar-refractivity contribution in [1.82, 2.24) is 14.7 Å². The van der Waals surface area contributed by atoms with Crippen molar-refractivity contribution >= 4 is 11.9 Å². The molecule has 0 saturated heterocycles. The number of hydrogen-bond acceptors (Lipinski definition) is 4. The molecule has 0 atom stereocenters. The maximum absolute atomic E-state index is 12.9. The molecule has 0 radical (unpaired) electrons. The summed E-state index contributed by atoms with van der Waals surface area (Å²) >= 11 is 0. The Morgan fingerprint density at radius 3 is 2.38 bits per heavy atom. The van der Waals surface area contributed by atoms with Crippen LogP contribution in [-0.4, -0.2) is 51.4 Å². The average molecular weight is 357 g/mol. The second-order valence-corrected chi connectivity index (χ2v) is 6.61. The quantitative estimate of drug-likeness (QED) is 0.889. The SMILES string of the molecule is COc1ccc(-n2ccc(C(=O)N(C)C3(C(=O)O)CCCCC3)n2)cc1. The molecule has 0 bridgehead atoms. The summed E-state index contributed by atoms with van der Waals surface area (Å²) in [4.78, 5) is 26.1. The fraction of sp³-hybridized carbons (Fsp3) is 0.421. The van der Waals surface area contributed by atoms with Crippen LogP contribution < -0.4 is 4.74 Å². The first-order chi connectivity index (χ1) is 12.5. The van der Waals surface area contributed by atoms with Crippen LogP contribution in [-0.2, 0) is 4.79 Å². The Hall–Kier alpha value is -2.83. The number of carbonyl (C=O) groups excluding carboxylic acids is 1. The molecule has 0 unspecified atom stereocenters. The Labute approximate surface area is 152 Å². The van der Waals surface area contributed by atoms with E-state index in [1.165, 1.54) is 4.90 Å². The lowest BCUT2D eigenvalue weighted by Gasteiger charge is -2.40. The highest BCUT2D eigenvalue weighted by Gasteiger charge is 2.46. The molecule has 138 valence electrons. The monoisotopic (exact) mass is 357 g/mol. The second-order valence-electron chi connectivity index (χ2n) is 6.61. The van der Waals surface area contributed by atoms with E-state index in [1.807, 2.05) is 24.3 Å². The minimum Gasteiger partial charge on any atom is -0.497 e. The number of carbonyl (C=O) groups is 2. The zero-order chi connectivity index (χ0) is 18.7. The van der Waals surface area contributed by atoms with Crippen LogP contribution in [0.2, 0.25) is 0 Å². The van der Waals surface area contributed by atoms with Crippen LogP contribution in [0.4, 0.5) is 0 Å². The first-order valence-electron chi connectivity index (χ1n) is 8.69. The predicted molar refractivity (Wildman–Crippen MR) is 95.7 cm³/mol. The van der Waals surface area contributed by atoms with Gasteiger partial charge in [0.2, 0.25) is 0 Å². The number of amides is 1. The molecule has 1 aliphatic rings. The van der Waals surface area contributed by atoms with E-state index in [0.29, 0.717) is 12.8 Å². The third kappa shape index (κ3) is 3.16. The van der Waals surface area contributed by atoms with E-state index >= 15 is 0 Å². The van der Waals surface area contributed by atoms with Gasteiger partial charge in [0.25, 0.3) is 5.91 Å². The lowest BCUT2D eigenvalue weighted by atomic mass is 9.80. The molecule has 7 nitrogen and oxygen atoms in total. The number of rotatable bonds is 5. The molecule has 3 rings (SSSR count). The van der Waals surface area contributed by atoms with Crippen LogP contribution >= 0.6 is 0 Å². The van der Waals surface area contributed by atoms with Crippen molar-refractivity contribution in [1.29, 1.82) is 0 Å². The third-order valence-corrected chi connectivity index (χ3v) is 5.17. The van der Waals surface area contributed by atoms with Crippen molar-refractivity contribution in [2.24, 2.45) is 0 Å². The molecular formula is C19H23N3O4. The van der Waals surface area contributed by atoms with Crippen LogP contribution in [0.15, 0.2) is 36.5 Å². The highest BCUT2D eigenvalue weighted by Crippen LogP contribution is 2.34. The van der Waals surface area contributed by atoms with E-state index in [2.05, 4.69) is 5.10 Å². The number of aliphatic carboxylic acids is 1. The van der Waals surface area contributed by atoms with E-state index in [1.54, 1.807) is 31.1 Å². The third-order valence-electron chi connectivity index (χ3n) is 5.17. The van der Waals surface area contributed by atoms with Crippen molar-refractivity contribution in [3.05, 3.63) is 42.2 Å². The molecule has 1 N–H and O–H groups in total. The van der Waals surface area contributed by atoms with E-state index in [-0.39, 0.29) is 11.6 Å². The minimum absolute atomic E-state index is 0.231. The van der Waals surface area contributed by atoms with E-state index in [4.69, 9.17) is 4.74 Å². The van der Waals surface area contributed by atoms with Crippen LogP contribution in [0.5, 0.6) is 5.75 Å². The van der Waals surface area contributed by atoms with Gasteiger partial charge in [0.05, 0.1) is 12.8 Å². The number of ether oxygens (including phenoxy) is 1. The van der Waals surface area contributed by atoms with Gasteiger partial charge < -0.3 is 14.7 Å². The van der Waals surface area contributed by atoms with Gasteiger partial charge in [-0.2, -0.15) is 5.10 Å². The number of methoxy groups -OCH3 is 1. The maximum Gasteiger partial charge on any atom is 0.329 e. The Balaban J connectivity index is 1.83. The first-order valence-corrected chi connectivity index (χ1v) is 8.69. The largest absolute Gasteiger partial charge is 0.497 e. The molecule has 0 spiro atoms. The first kappa shape index (κ1) is 18.0. The Kier molecular flexibility index (Phi) is 4.97. The molecule has 2 aromatic rings. The minimum atomic E-state index is -1.14. The summed E-state index contributed by atoms with van der Waals surface area (Å²) in [5.74, 6) is -0.582. The van der Waals surface area contributed by atoms with Gasteiger partial charge in [0.1, 0.15) is 11.3 Å². The molecule has 1 aromatic heterocycles. The van der Waals surface area contributed by atoms with E-state index in [9.17, 15) is 14.7 Å². The van der Waals surface area contributed by atoms with Gasteiger partial charge in [-0.3, -0.25) is 4.79 Å². The Morgan fingerprint density at radius 2 is 1.81 bits per heavy atom. The van der Waals surface area contributed by atoms with Crippen molar-refractivity contribution in [3.8, 4) is 11.4 Å². The molecular weight excluding hydrogens is 334 g/mol. The van der Waals surface area contributed by atoms with E-state index < -0.39 is 11.5 Å². The topological polar surface area (TPSA) is 84.7 Å². The van der Waals surface area contributed by atoms with Crippen LogP contribution in [0.25, 0.3) is 5.69 Å². The van der Waals surface area contributed by atoms with E-state index in [0.717, 1.165) is 30.7 Å². The Bertz CT molecular complexity index is 791. The number of nitrogens with zero attached hydrogens (tertiary/aromatic N) is 3. The van der Waals surface area contributed by atoms with Crippen molar-refractivity contribution in [2.45, 2.75) is 37.6 Å². The summed E-state index contributed by atoms with van der Waals surface area (Å²) in [6.45, 7) is 0. The maximum atomic E-state index is 12.9. The van der Waals surface area contributed by atoms with Crippen LogP contribution in [0, 0.1) is 0 Å². The molecule has 1 aliphatic carbocycles.